The molecule has 1 fully saturated rings. The molecule has 0 radical (unpaired) electrons. The molecule has 0 aliphatic carbocycles. The minimum Gasteiger partial charge on any atom is -0.348 e. The Morgan fingerprint density at radius 1 is 1.47 bits per heavy atom. The zero-order chi connectivity index (χ0) is 11.3. The first-order valence-electron chi connectivity index (χ1n) is 5.79. The quantitative estimate of drug-likeness (QED) is 0.706. The van der Waals surface area contributed by atoms with Crippen molar-refractivity contribution in [2.45, 2.75) is 25.8 Å². The SMILES string of the molecule is CCN(CC(=O)N(C)C)C[C@H]1CCCN1. The number of hydrogen-bond acceptors (Lipinski definition) is 3. The number of hydrogen-bond donors (Lipinski definition) is 1. The Bertz CT molecular complexity index is 200. The summed E-state index contributed by atoms with van der Waals surface area (Å²) in [4.78, 5) is 15.4. The monoisotopic (exact) mass is 213 g/mol. The summed E-state index contributed by atoms with van der Waals surface area (Å²) in [6.45, 7) is 5.72. The summed E-state index contributed by atoms with van der Waals surface area (Å²) in [6.07, 6.45) is 2.51. The third-order valence-corrected chi connectivity index (χ3v) is 2.95. The lowest BCUT2D eigenvalue weighted by molar-refractivity contribution is -0.129. The molecule has 1 aliphatic heterocycles. The van der Waals surface area contributed by atoms with Crippen molar-refractivity contribution in [3.05, 3.63) is 0 Å². The second kappa shape index (κ2) is 6.08. The van der Waals surface area contributed by atoms with Gasteiger partial charge in [0.05, 0.1) is 6.54 Å². The molecular formula is C11H23N3O. The molecule has 1 amide bonds. The Labute approximate surface area is 92.6 Å². The molecule has 1 rings (SSSR count). The van der Waals surface area contributed by atoms with Crippen LogP contribution in [0.25, 0.3) is 0 Å². The Morgan fingerprint density at radius 2 is 2.20 bits per heavy atom. The van der Waals surface area contributed by atoms with Gasteiger partial charge < -0.3 is 10.2 Å². The zero-order valence-corrected chi connectivity index (χ0v) is 10.1. The lowest BCUT2D eigenvalue weighted by Crippen LogP contribution is -2.42. The summed E-state index contributed by atoms with van der Waals surface area (Å²) in [5.41, 5.74) is 0. The molecule has 4 heteroatoms. The zero-order valence-electron chi connectivity index (χ0n) is 10.1. The highest BCUT2D eigenvalue weighted by Gasteiger charge is 2.18. The van der Waals surface area contributed by atoms with E-state index in [1.165, 1.54) is 12.8 Å². The molecule has 0 saturated carbocycles. The average molecular weight is 213 g/mol. The fourth-order valence-electron chi connectivity index (χ4n) is 1.86. The second-order valence-corrected chi connectivity index (χ2v) is 4.41. The molecular weight excluding hydrogens is 190 g/mol. The Balaban J connectivity index is 2.31. The van der Waals surface area contributed by atoms with Crippen molar-refractivity contribution in [3.8, 4) is 0 Å². The van der Waals surface area contributed by atoms with Crippen molar-refractivity contribution in [1.82, 2.24) is 15.1 Å². The number of likely N-dealkylation sites (N-methyl/N-ethyl adjacent to an activating group) is 2. The highest BCUT2D eigenvalue weighted by atomic mass is 16.2. The molecule has 1 atom stereocenters. The van der Waals surface area contributed by atoms with E-state index in [1.54, 1.807) is 4.90 Å². The van der Waals surface area contributed by atoms with Crippen molar-refractivity contribution < 1.29 is 4.79 Å². The van der Waals surface area contributed by atoms with Crippen LogP contribution in [0.15, 0.2) is 0 Å². The van der Waals surface area contributed by atoms with Gasteiger partial charge in [-0.2, -0.15) is 0 Å². The molecule has 0 aromatic rings. The van der Waals surface area contributed by atoms with E-state index in [9.17, 15) is 4.79 Å². The second-order valence-electron chi connectivity index (χ2n) is 4.41. The molecule has 1 N–H and O–H groups in total. The summed E-state index contributed by atoms with van der Waals surface area (Å²) in [5.74, 6) is 0.190. The van der Waals surface area contributed by atoms with Gasteiger partial charge in [0, 0.05) is 26.7 Å². The van der Waals surface area contributed by atoms with Crippen molar-refractivity contribution in [2.24, 2.45) is 0 Å². The molecule has 1 heterocycles. The molecule has 0 aromatic heterocycles. The predicted octanol–water partition coefficient (Wildman–Crippen LogP) is 0.149. The minimum absolute atomic E-state index is 0.190. The van der Waals surface area contributed by atoms with Crippen molar-refractivity contribution >= 4 is 5.91 Å². The van der Waals surface area contributed by atoms with Crippen LogP contribution in [0.2, 0.25) is 0 Å². The van der Waals surface area contributed by atoms with Gasteiger partial charge in [0.1, 0.15) is 0 Å². The van der Waals surface area contributed by atoms with Gasteiger partial charge in [-0.3, -0.25) is 9.69 Å². The molecule has 1 saturated heterocycles. The van der Waals surface area contributed by atoms with Crippen LogP contribution in [0.5, 0.6) is 0 Å². The Morgan fingerprint density at radius 3 is 2.67 bits per heavy atom. The highest BCUT2D eigenvalue weighted by Crippen LogP contribution is 2.06. The van der Waals surface area contributed by atoms with Crippen LogP contribution in [0.3, 0.4) is 0 Å². The van der Waals surface area contributed by atoms with Crippen molar-refractivity contribution in [1.29, 1.82) is 0 Å². The number of carbonyl (C=O) groups is 1. The molecule has 4 nitrogen and oxygen atoms in total. The molecule has 0 aromatic carbocycles. The number of nitrogens with zero attached hydrogens (tertiary/aromatic N) is 2. The average Bonchev–Trinajstić information content (AvgIpc) is 2.69. The van der Waals surface area contributed by atoms with Crippen LogP contribution in [0.1, 0.15) is 19.8 Å². The summed E-state index contributed by atoms with van der Waals surface area (Å²) in [7, 11) is 3.62. The fourth-order valence-corrected chi connectivity index (χ4v) is 1.86. The van der Waals surface area contributed by atoms with Crippen molar-refractivity contribution in [2.75, 3.05) is 40.3 Å². The van der Waals surface area contributed by atoms with Crippen LogP contribution in [-0.4, -0.2) is 62.0 Å². The van der Waals surface area contributed by atoms with E-state index in [2.05, 4.69) is 17.1 Å². The molecule has 1 aliphatic rings. The van der Waals surface area contributed by atoms with E-state index in [4.69, 9.17) is 0 Å². The highest BCUT2D eigenvalue weighted by molar-refractivity contribution is 5.77. The van der Waals surface area contributed by atoms with Gasteiger partial charge in [-0.05, 0) is 25.9 Å². The van der Waals surface area contributed by atoms with Gasteiger partial charge >= 0.3 is 0 Å². The van der Waals surface area contributed by atoms with Crippen LogP contribution >= 0.6 is 0 Å². The van der Waals surface area contributed by atoms with Gasteiger partial charge in [-0.15, -0.1) is 0 Å². The predicted molar refractivity (Wildman–Crippen MR) is 61.8 cm³/mol. The van der Waals surface area contributed by atoms with E-state index in [0.29, 0.717) is 12.6 Å². The molecule has 0 spiro atoms. The summed E-state index contributed by atoms with van der Waals surface area (Å²) < 4.78 is 0. The van der Waals surface area contributed by atoms with Crippen LogP contribution in [0, 0.1) is 0 Å². The van der Waals surface area contributed by atoms with Gasteiger partial charge in [0.25, 0.3) is 0 Å². The fraction of sp³-hybridized carbons (Fsp3) is 0.909. The van der Waals surface area contributed by atoms with E-state index in [-0.39, 0.29) is 5.91 Å². The maximum Gasteiger partial charge on any atom is 0.236 e. The van der Waals surface area contributed by atoms with Gasteiger partial charge in [0.2, 0.25) is 5.91 Å². The summed E-state index contributed by atoms with van der Waals surface area (Å²) >= 11 is 0. The molecule has 0 bridgehead atoms. The number of nitrogens with one attached hydrogen (secondary N) is 1. The smallest absolute Gasteiger partial charge is 0.236 e. The van der Waals surface area contributed by atoms with E-state index < -0.39 is 0 Å². The minimum atomic E-state index is 0.190. The van der Waals surface area contributed by atoms with Crippen LogP contribution < -0.4 is 5.32 Å². The Kier molecular flexibility index (Phi) is 5.05. The lowest BCUT2D eigenvalue weighted by atomic mass is 10.2. The third-order valence-electron chi connectivity index (χ3n) is 2.95. The topological polar surface area (TPSA) is 35.6 Å². The van der Waals surface area contributed by atoms with Crippen LogP contribution in [0.4, 0.5) is 0 Å². The first-order valence-corrected chi connectivity index (χ1v) is 5.79. The number of rotatable bonds is 5. The maximum absolute atomic E-state index is 11.5. The number of carbonyl (C=O) groups excluding carboxylic acids is 1. The Hall–Kier alpha value is -0.610. The molecule has 15 heavy (non-hydrogen) atoms. The summed E-state index contributed by atoms with van der Waals surface area (Å²) in [6, 6.07) is 0.583. The maximum atomic E-state index is 11.5. The van der Waals surface area contributed by atoms with E-state index >= 15 is 0 Å². The van der Waals surface area contributed by atoms with Gasteiger partial charge in [0.15, 0.2) is 0 Å². The largest absolute Gasteiger partial charge is 0.348 e. The molecule has 0 unspecified atom stereocenters. The third kappa shape index (κ3) is 4.18. The van der Waals surface area contributed by atoms with Crippen LogP contribution in [-0.2, 0) is 4.79 Å². The van der Waals surface area contributed by atoms with E-state index in [0.717, 1.165) is 19.6 Å². The lowest BCUT2D eigenvalue weighted by Gasteiger charge is -2.24. The first-order chi connectivity index (χ1) is 7.13. The molecule has 88 valence electrons. The standard InChI is InChI=1S/C11H23N3O/c1-4-14(9-11(15)13(2)3)8-10-6-5-7-12-10/h10,12H,4-9H2,1-3H3/t10-/m1/s1. The van der Waals surface area contributed by atoms with Gasteiger partial charge in [-0.1, -0.05) is 6.92 Å². The normalized spacial score (nSPS) is 20.9. The van der Waals surface area contributed by atoms with Crippen molar-refractivity contribution in [3.63, 3.8) is 0 Å². The number of amides is 1. The summed E-state index contributed by atoms with van der Waals surface area (Å²) in [5, 5.41) is 3.46. The van der Waals surface area contributed by atoms with Gasteiger partial charge in [-0.25, -0.2) is 0 Å². The first kappa shape index (κ1) is 12.5. The van der Waals surface area contributed by atoms with E-state index in [1.807, 2.05) is 14.1 Å².